The molecule has 1 saturated heterocycles. The van der Waals surface area contributed by atoms with Gasteiger partial charge in [-0.05, 0) is 35.4 Å². The zero-order valence-electron chi connectivity index (χ0n) is 17.0. The molecular weight excluding hydrogens is 442 g/mol. The Bertz CT molecular complexity index is 1250. The van der Waals surface area contributed by atoms with E-state index in [1.165, 1.54) is 24.3 Å². The van der Waals surface area contributed by atoms with Crippen molar-refractivity contribution in [2.75, 3.05) is 19.3 Å². The molecule has 1 aliphatic heterocycles. The minimum absolute atomic E-state index is 0.0634. The van der Waals surface area contributed by atoms with Crippen LogP contribution in [0.15, 0.2) is 72.3 Å². The molecule has 0 unspecified atom stereocenters. The molecule has 3 aromatic rings. The number of rotatable bonds is 5. The van der Waals surface area contributed by atoms with Crippen LogP contribution >= 0.6 is 0 Å². The molecule has 32 heavy (non-hydrogen) atoms. The minimum Gasteiger partial charge on any atom is -0.284 e. The van der Waals surface area contributed by atoms with Crippen LogP contribution in [-0.4, -0.2) is 32.7 Å². The lowest BCUT2D eigenvalue weighted by Crippen LogP contribution is -2.44. The van der Waals surface area contributed by atoms with Crippen molar-refractivity contribution in [3.8, 4) is 0 Å². The van der Waals surface area contributed by atoms with Gasteiger partial charge in [-0.15, -0.1) is 0 Å². The summed E-state index contributed by atoms with van der Waals surface area (Å²) in [5.41, 5.74) is 0.812. The number of benzene rings is 3. The van der Waals surface area contributed by atoms with Crippen LogP contribution in [0.1, 0.15) is 22.7 Å². The van der Waals surface area contributed by atoms with Gasteiger partial charge in [-0.2, -0.15) is 0 Å². The Morgan fingerprint density at radius 3 is 1.72 bits per heavy atom. The zero-order valence-corrected chi connectivity index (χ0v) is 17.8. The van der Waals surface area contributed by atoms with E-state index in [-0.39, 0.29) is 34.7 Å². The molecule has 1 aliphatic rings. The quantitative estimate of drug-likeness (QED) is 0.496. The highest BCUT2D eigenvalue weighted by molar-refractivity contribution is 8.00. The van der Waals surface area contributed by atoms with Crippen LogP contribution in [0.2, 0.25) is 0 Å². The van der Waals surface area contributed by atoms with Crippen LogP contribution in [0.4, 0.5) is 17.6 Å². The molecule has 4 rings (SSSR count). The molecule has 0 radical (unpaired) electrons. The maximum Gasteiger partial charge on any atom is 0.176 e. The van der Waals surface area contributed by atoms with Crippen LogP contribution in [0.25, 0.3) is 4.91 Å². The third-order valence-corrected chi connectivity index (χ3v) is 6.64. The number of likely N-dealkylation sites (tertiary alicyclic amines) is 1. The molecule has 8 heteroatoms. The van der Waals surface area contributed by atoms with Crippen molar-refractivity contribution in [1.82, 2.24) is 4.90 Å². The predicted octanol–water partition coefficient (Wildman–Crippen LogP) is 5.10. The van der Waals surface area contributed by atoms with Gasteiger partial charge in [0, 0.05) is 36.5 Å². The smallest absolute Gasteiger partial charge is 0.176 e. The largest absolute Gasteiger partial charge is 0.284 e. The van der Waals surface area contributed by atoms with Crippen LogP contribution < -0.4 is 0 Å². The Morgan fingerprint density at radius 2 is 1.28 bits per heavy atom. The Kier molecular flexibility index (Phi) is 5.92. The fourth-order valence-electron chi connectivity index (χ4n) is 4.09. The third-order valence-electron chi connectivity index (χ3n) is 5.37. The molecule has 166 valence electrons. The predicted molar refractivity (Wildman–Crippen MR) is 114 cm³/mol. The molecule has 0 aromatic heterocycles. The molecule has 0 atom stereocenters. The number of hydrogen-bond donors (Lipinski definition) is 0. The van der Waals surface area contributed by atoms with E-state index in [1.54, 1.807) is 29.2 Å². The molecule has 0 N–H and O–H groups in total. The monoisotopic (exact) mass is 461 g/mol. The van der Waals surface area contributed by atoms with Gasteiger partial charge in [0.15, 0.2) is 9.84 Å². The molecule has 0 amide bonds. The molecule has 0 aliphatic carbocycles. The fourth-order valence-corrected chi connectivity index (χ4v) is 5.29. The fraction of sp³-hybridized carbons (Fsp3) is 0.167. The summed E-state index contributed by atoms with van der Waals surface area (Å²) in [5, 5.41) is 0. The lowest BCUT2D eigenvalue weighted by atomic mass is 9.91. The third kappa shape index (κ3) is 4.33. The first kappa shape index (κ1) is 22.2. The number of sulfone groups is 1. The highest BCUT2D eigenvalue weighted by atomic mass is 32.2. The van der Waals surface area contributed by atoms with E-state index in [4.69, 9.17) is 0 Å². The topological polar surface area (TPSA) is 37.4 Å². The Balaban J connectivity index is 1.78. The molecule has 1 heterocycles. The highest BCUT2D eigenvalue weighted by Crippen LogP contribution is 2.39. The van der Waals surface area contributed by atoms with Gasteiger partial charge in [0.25, 0.3) is 0 Å². The Labute approximate surface area is 183 Å². The average Bonchev–Trinajstić information content (AvgIpc) is 2.66. The molecular formula is C24H19F4NO2S. The standard InChI is InChI=1S/C24H19F4NO2S/c1-32(30,31)24(15-10-17(25)12-18(26)11-15)16-13-29(14-16)23(19-6-2-4-8-21(19)27)20-7-3-5-9-22(20)28/h2-12,23H,13-14H2,1H3. The van der Waals surface area contributed by atoms with Crippen molar-refractivity contribution < 1.29 is 26.0 Å². The second kappa shape index (κ2) is 8.52. The van der Waals surface area contributed by atoms with E-state index in [2.05, 4.69) is 0 Å². The SMILES string of the molecule is CS(=O)(=O)C(=C1CN(C(c2ccccc2F)c2ccccc2F)C1)c1cc(F)cc(F)c1. The van der Waals surface area contributed by atoms with E-state index >= 15 is 0 Å². The lowest BCUT2D eigenvalue weighted by Gasteiger charge is -2.42. The van der Waals surface area contributed by atoms with Crippen LogP contribution in [0.5, 0.6) is 0 Å². The molecule has 0 bridgehead atoms. The molecule has 0 spiro atoms. The van der Waals surface area contributed by atoms with Gasteiger partial charge in [0.2, 0.25) is 0 Å². The van der Waals surface area contributed by atoms with Crippen molar-refractivity contribution in [1.29, 1.82) is 0 Å². The van der Waals surface area contributed by atoms with Gasteiger partial charge < -0.3 is 0 Å². The number of nitrogens with zero attached hydrogens (tertiary/aromatic N) is 1. The Hall–Kier alpha value is -2.97. The van der Waals surface area contributed by atoms with E-state index in [0.717, 1.165) is 18.4 Å². The molecule has 0 saturated carbocycles. The maximum atomic E-state index is 14.6. The van der Waals surface area contributed by atoms with Gasteiger partial charge in [-0.25, -0.2) is 26.0 Å². The zero-order chi connectivity index (χ0) is 23.0. The van der Waals surface area contributed by atoms with Crippen molar-refractivity contribution in [2.45, 2.75) is 6.04 Å². The van der Waals surface area contributed by atoms with E-state index in [0.29, 0.717) is 11.6 Å². The van der Waals surface area contributed by atoms with Crippen LogP contribution in [-0.2, 0) is 9.84 Å². The first-order valence-corrected chi connectivity index (χ1v) is 11.7. The summed E-state index contributed by atoms with van der Waals surface area (Å²) < 4.78 is 81.7. The minimum atomic E-state index is -3.83. The van der Waals surface area contributed by atoms with Crippen LogP contribution in [0.3, 0.4) is 0 Å². The lowest BCUT2D eigenvalue weighted by molar-refractivity contribution is 0.196. The highest BCUT2D eigenvalue weighted by Gasteiger charge is 2.36. The van der Waals surface area contributed by atoms with E-state index in [1.807, 2.05) is 0 Å². The summed E-state index contributed by atoms with van der Waals surface area (Å²) in [6.45, 7) is 0.127. The molecule has 3 aromatic carbocycles. The summed E-state index contributed by atoms with van der Waals surface area (Å²) in [4.78, 5) is 1.54. The van der Waals surface area contributed by atoms with Crippen molar-refractivity contribution >= 4 is 14.7 Å². The summed E-state index contributed by atoms with van der Waals surface area (Å²) in [7, 11) is -3.83. The normalized spacial score (nSPS) is 14.5. The van der Waals surface area contributed by atoms with Gasteiger partial charge in [-0.1, -0.05) is 36.4 Å². The average molecular weight is 461 g/mol. The van der Waals surface area contributed by atoms with Crippen molar-refractivity contribution in [3.63, 3.8) is 0 Å². The van der Waals surface area contributed by atoms with Gasteiger partial charge in [-0.3, -0.25) is 4.90 Å². The first-order valence-electron chi connectivity index (χ1n) is 9.76. The van der Waals surface area contributed by atoms with Gasteiger partial charge in [0.05, 0.1) is 10.9 Å². The number of hydrogen-bond acceptors (Lipinski definition) is 3. The maximum absolute atomic E-state index is 14.6. The summed E-state index contributed by atoms with van der Waals surface area (Å²) in [5.74, 6) is -2.83. The van der Waals surface area contributed by atoms with E-state index in [9.17, 15) is 26.0 Å². The van der Waals surface area contributed by atoms with Crippen molar-refractivity contribution in [2.24, 2.45) is 0 Å². The summed E-state index contributed by atoms with van der Waals surface area (Å²) >= 11 is 0. The van der Waals surface area contributed by atoms with Crippen molar-refractivity contribution in [3.05, 3.63) is 112 Å². The summed E-state index contributed by atoms with van der Waals surface area (Å²) in [6, 6.07) is 13.8. The molecule has 1 fully saturated rings. The van der Waals surface area contributed by atoms with E-state index < -0.39 is 39.1 Å². The first-order chi connectivity index (χ1) is 15.1. The number of halogens is 4. The van der Waals surface area contributed by atoms with Gasteiger partial charge >= 0.3 is 0 Å². The van der Waals surface area contributed by atoms with Gasteiger partial charge in [0.1, 0.15) is 23.3 Å². The second-order valence-corrected chi connectivity index (χ2v) is 9.67. The summed E-state index contributed by atoms with van der Waals surface area (Å²) in [6.07, 6.45) is 0.964. The Morgan fingerprint density at radius 1 is 0.812 bits per heavy atom. The second-order valence-electron chi connectivity index (χ2n) is 7.71. The molecule has 3 nitrogen and oxygen atoms in total. The van der Waals surface area contributed by atoms with Crippen LogP contribution in [0, 0.1) is 23.3 Å².